The number of hydrogen-bond donors (Lipinski definition) is 1. The third-order valence-electron chi connectivity index (χ3n) is 2.37. The smallest absolute Gasteiger partial charge is 0.339 e. The molecule has 2 rings (SSSR count). The van der Waals surface area contributed by atoms with Crippen molar-refractivity contribution >= 4 is 34.6 Å². The molecule has 0 spiro atoms. The van der Waals surface area contributed by atoms with Crippen molar-refractivity contribution in [2.75, 3.05) is 12.3 Å². The van der Waals surface area contributed by atoms with E-state index in [0.717, 1.165) is 0 Å². The third-order valence-corrected chi connectivity index (χ3v) is 3.64. The van der Waals surface area contributed by atoms with Gasteiger partial charge in [0, 0.05) is 17.0 Å². The number of esters is 1. The van der Waals surface area contributed by atoms with E-state index in [4.69, 9.17) is 22.1 Å². The summed E-state index contributed by atoms with van der Waals surface area (Å²) in [5.74, 6) is -0.441. The molecule has 3 nitrogen and oxygen atoms in total. The zero-order valence-corrected chi connectivity index (χ0v) is 11.1. The molecule has 0 saturated carbocycles. The summed E-state index contributed by atoms with van der Waals surface area (Å²) in [5, 5.41) is 2.34. The topological polar surface area (TPSA) is 52.3 Å². The summed E-state index contributed by atoms with van der Waals surface area (Å²) in [6.07, 6.45) is 0.712. The average Bonchev–Trinajstić information content (AvgIpc) is 2.85. The Morgan fingerprint density at radius 3 is 2.94 bits per heavy atom. The zero-order chi connectivity index (χ0) is 13.0. The van der Waals surface area contributed by atoms with E-state index in [1.165, 1.54) is 10.9 Å². The van der Waals surface area contributed by atoms with Crippen molar-refractivity contribution in [1.82, 2.24) is 0 Å². The zero-order valence-electron chi connectivity index (χ0n) is 9.56. The normalized spacial score (nSPS) is 10.3. The molecule has 2 aromatic rings. The summed E-state index contributed by atoms with van der Waals surface area (Å²) in [7, 11) is 0. The fraction of sp³-hybridized carbons (Fsp3) is 0.154. The number of rotatable bonds is 4. The Hall–Kier alpha value is -1.52. The van der Waals surface area contributed by atoms with Crippen LogP contribution >= 0.6 is 22.9 Å². The lowest BCUT2D eigenvalue weighted by Gasteiger charge is -2.06. The molecular weight excluding hydrogens is 270 g/mol. The predicted molar refractivity (Wildman–Crippen MR) is 74.2 cm³/mol. The SMILES string of the molecule is Nc1ccc(Cl)c(C(=O)OCCc2cccs2)c1. The highest BCUT2D eigenvalue weighted by Crippen LogP contribution is 2.20. The van der Waals surface area contributed by atoms with Gasteiger partial charge in [-0.15, -0.1) is 11.3 Å². The van der Waals surface area contributed by atoms with Crippen LogP contribution in [0.4, 0.5) is 5.69 Å². The molecule has 2 N–H and O–H groups in total. The summed E-state index contributed by atoms with van der Waals surface area (Å²) >= 11 is 7.55. The molecule has 0 bridgehead atoms. The summed E-state index contributed by atoms with van der Waals surface area (Å²) in [6.45, 7) is 0.338. The Bertz CT molecular complexity index is 540. The van der Waals surface area contributed by atoms with Gasteiger partial charge in [-0.1, -0.05) is 17.7 Å². The quantitative estimate of drug-likeness (QED) is 0.690. The lowest BCUT2D eigenvalue weighted by molar-refractivity contribution is 0.0510. The number of anilines is 1. The van der Waals surface area contributed by atoms with Crippen LogP contribution in [-0.2, 0) is 11.2 Å². The van der Waals surface area contributed by atoms with Crippen LogP contribution < -0.4 is 5.73 Å². The van der Waals surface area contributed by atoms with Gasteiger partial charge in [0.1, 0.15) is 0 Å². The molecule has 1 heterocycles. The van der Waals surface area contributed by atoms with Gasteiger partial charge in [0.2, 0.25) is 0 Å². The Morgan fingerprint density at radius 2 is 2.22 bits per heavy atom. The van der Waals surface area contributed by atoms with Crippen LogP contribution in [0.3, 0.4) is 0 Å². The molecule has 0 unspecified atom stereocenters. The highest BCUT2D eigenvalue weighted by Gasteiger charge is 2.12. The lowest BCUT2D eigenvalue weighted by Crippen LogP contribution is -2.08. The minimum absolute atomic E-state index is 0.308. The minimum Gasteiger partial charge on any atom is -0.462 e. The molecule has 1 aromatic heterocycles. The van der Waals surface area contributed by atoms with E-state index >= 15 is 0 Å². The summed E-state index contributed by atoms with van der Waals surface area (Å²) in [4.78, 5) is 13.0. The second kappa shape index (κ2) is 5.89. The van der Waals surface area contributed by atoms with Crippen LogP contribution in [0, 0.1) is 0 Å². The second-order valence-electron chi connectivity index (χ2n) is 3.70. The Morgan fingerprint density at radius 1 is 1.39 bits per heavy atom. The number of carbonyl (C=O) groups excluding carboxylic acids is 1. The first kappa shape index (κ1) is 12.9. The van der Waals surface area contributed by atoms with Gasteiger partial charge in [0.15, 0.2) is 0 Å². The van der Waals surface area contributed by atoms with Crippen molar-refractivity contribution in [1.29, 1.82) is 0 Å². The van der Waals surface area contributed by atoms with Crippen LogP contribution in [0.25, 0.3) is 0 Å². The molecule has 0 saturated heterocycles. The monoisotopic (exact) mass is 281 g/mol. The van der Waals surface area contributed by atoms with E-state index in [1.807, 2.05) is 17.5 Å². The van der Waals surface area contributed by atoms with Gasteiger partial charge in [0.05, 0.1) is 17.2 Å². The van der Waals surface area contributed by atoms with E-state index in [0.29, 0.717) is 29.3 Å². The number of hydrogen-bond acceptors (Lipinski definition) is 4. The maximum Gasteiger partial charge on any atom is 0.339 e. The van der Waals surface area contributed by atoms with E-state index < -0.39 is 5.97 Å². The van der Waals surface area contributed by atoms with Gasteiger partial charge in [-0.05, 0) is 29.6 Å². The van der Waals surface area contributed by atoms with Crippen LogP contribution in [-0.4, -0.2) is 12.6 Å². The molecule has 0 fully saturated rings. The molecule has 0 atom stereocenters. The number of nitrogen functional groups attached to an aromatic ring is 1. The van der Waals surface area contributed by atoms with Crippen molar-refractivity contribution in [2.24, 2.45) is 0 Å². The van der Waals surface area contributed by atoms with E-state index in [2.05, 4.69) is 0 Å². The molecule has 0 radical (unpaired) electrons. The van der Waals surface area contributed by atoms with Crippen molar-refractivity contribution in [3.63, 3.8) is 0 Å². The van der Waals surface area contributed by atoms with E-state index in [1.54, 1.807) is 23.5 Å². The molecule has 0 aliphatic heterocycles. The Labute approximate surface area is 114 Å². The fourth-order valence-electron chi connectivity index (χ4n) is 1.48. The third kappa shape index (κ3) is 3.24. The number of nitrogens with two attached hydrogens (primary N) is 1. The molecule has 0 aliphatic carbocycles. The van der Waals surface area contributed by atoms with Crippen LogP contribution in [0.5, 0.6) is 0 Å². The maximum absolute atomic E-state index is 11.8. The Balaban J connectivity index is 1.93. The first-order chi connectivity index (χ1) is 8.66. The molecule has 5 heteroatoms. The van der Waals surface area contributed by atoms with Crippen molar-refractivity contribution in [3.05, 3.63) is 51.2 Å². The molecule has 0 aliphatic rings. The van der Waals surface area contributed by atoms with Crippen LogP contribution in [0.2, 0.25) is 5.02 Å². The number of halogens is 1. The minimum atomic E-state index is -0.441. The maximum atomic E-state index is 11.8. The number of carbonyl (C=O) groups is 1. The highest BCUT2D eigenvalue weighted by molar-refractivity contribution is 7.09. The molecule has 1 aromatic carbocycles. The highest BCUT2D eigenvalue weighted by atomic mass is 35.5. The average molecular weight is 282 g/mol. The largest absolute Gasteiger partial charge is 0.462 e. The van der Waals surface area contributed by atoms with Crippen LogP contribution in [0.1, 0.15) is 15.2 Å². The van der Waals surface area contributed by atoms with Gasteiger partial charge >= 0.3 is 5.97 Å². The van der Waals surface area contributed by atoms with Crippen molar-refractivity contribution < 1.29 is 9.53 Å². The molecule has 18 heavy (non-hydrogen) atoms. The Kier molecular flexibility index (Phi) is 4.23. The standard InChI is InChI=1S/C13H12ClNO2S/c14-12-4-3-9(15)8-11(12)13(16)17-6-5-10-2-1-7-18-10/h1-4,7-8H,5-6,15H2. The van der Waals surface area contributed by atoms with Gasteiger partial charge in [0.25, 0.3) is 0 Å². The molecule has 0 amide bonds. The number of benzene rings is 1. The fourth-order valence-corrected chi connectivity index (χ4v) is 2.36. The van der Waals surface area contributed by atoms with E-state index in [-0.39, 0.29) is 0 Å². The van der Waals surface area contributed by atoms with Crippen molar-refractivity contribution in [2.45, 2.75) is 6.42 Å². The van der Waals surface area contributed by atoms with Crippen molar-refractivity contribution in [3.8, 4) is 0 Å². The second-order valence-corrected chi connectivity index (χ2v) is 5.14. The van der Waals surface area contributed by atoms with Gasteiger partial charge < -0.3 is 10.5 Å². The first-order valence-corrected chi connectivity index (χ1v) is 6.67. The lowest BCUT2D eigenvalue weighted by atomic mass is 10.2. The van der Waals surface area contributed by atoms with Gasteiger partial charge in [-0.25, -0.2) is 4.79 Å². The van der Waals surface area contributed by atoms with Gasteiger partial charge in [-0.3, -0.25) is 0 Å². The molecular formula is C13H12ClNO2S. The van der Waals surface area contributed by atoms with Gasteiger partial charge in [-0.2, -0.15) is 0 Å². The van der Waals surface area contributed by atoms with E-state index in [9.17, 15) is 4.79 Å². The number of thiophene rings is 1. The summed E-state index contributed by atoms with van der Waals surface area (Å²) in [6, 6.07) is 8.73. The summed E-state index contributed by atoms with van der Waals surface area (Å²) < 4.78 is 5.16. The first-order valence-electron chi connectivity index (χ1n) is 5.41. The van der Waals surface area contributed by atoms with Crippen LogP contribution in [0.15, 0.2) is 35.7 Å². The molecule has 94 valence electrons. The predicted octanol–water partition coefficient (Wildman–Crippen LogP) is 3.38. The summed E-state index contributed by atoms with van der Waals surface area (Å²) in [5.41, 5.74) is 6.40. The number of ether oxygens (including phenoxy) is 1.